The molecule has 1 aliphatic rings. The fourth-order valence-electron chi connectivity index (χ4n) is 2.19. The highest BCUT2D eigenvalue weighted by Gasteiger charge is 2.29. The van der Waals surface area contributed by atoms with Crippen LogP contribution in [0.15, 0.2) is 11.6 Å². The summed E-state index contributed by atoms with van der Waals surface area (Å²) in [6.45, 7) is 6.91. The van der Waals surface area contributed by atoms with E-state index in [4.69, 9.17) is 0 Å². The minimum atomic E-state index is 0.371. The maximum absolute atomic E-state index is 4.40. The van der Waals surface area contributed by atoms with E-state index in [2.05, 4.69) is 45.0 Å². The van der Waals surface area contributed by atoms with Crippen LogP contribution in [0.25, 0.3) is 0 Å². The van der Waals surface area contributed by atoms with Crippen molar-refractivity contribution in [2.45, 2.75) is 31.5 Å². The molecule has 0 bridgehead atoms. The fraction of sp³-hybridized carbons (Fsp3) is 0.727. The van der Waals surface area contributed by atoms with Gasteiger partial charge in [0.1, 0.15) is 0 Å². The molecule has 1 saturated heterocycles. The number of aromatic nitrogens is 1. The lowest BCUT2D eigenvalue weighted by atomic mass is 9.88. The van der Waals surface area contributed by atoms with Crippen molar-refractivity contribution in [1.82, 2.24) is 4.98 Å². The molecule has 0 spiro atoms. The lowest BCUT2D eigenvalue weighted by Gasteiger charge is -2.29. The molecular weight excluding hydrogens is 272 g/mol. The Bertz CT molecular complexity index is 310. The Balaban J connectivity index is 2.14. The van der Waals surface area contributed by atoms with Gasteiger partial charge >= 0.3 is 0 Å². The Labute approximate surface area is 104 Å². The summed E-state index contributed by atoms with van der Waals surface area (Å²) in [4.78, 5) is 7.47. The molecule has 1 fully saturated rings. The molecule has 1 aromatic heterocycles. The second-order valence-electron chi connectivity index (χ2n) is 4.99. The van der Waals surface area contributed by atoms with Crippen molar-refractivity contribution in [3.05, 3.63) is 11.6 Å². The highest BCUT2D eigenvalue weighted by molar-refractivity contribution is 9.09. The third kappa shape index (κ3) is 2.94. The van der Waals surface area contributed by atoms with Gasteiger partial charge in [0.2, 0.25) is 0 Å². The monoisotopic (exact) mass is 288 g/mol. The molecule has 0 radical (unpaired) electrons. The van der Waals surface area contributed by atoms with Gasteiger partial charge in [-0.15, -0.1) is 11.3 Å². The minimum Gasteiger partial charge on any atom is -0.348 e. The number of anilines is 1. The van der Waals surface area contributed by atoms with Crippen LogP contribution in [-0.2, 0) is 0 Å². The average molecular weight is 289 g/mol. The van der Waals surface area contributed by atoms with Gasteiger partial charge in [0.15, 0.2) is 5.13 Å². The number of nitrogens with zero attached hydrogens (tertiary/aromatic N) is 2. The molecule has 0 amide bonds. The second-order valence-corrected chi connectivity index (χ2v) is 7.16. The predicted octanol–water partition coefficient (Wildman–Crippen LogP) is 3.53. The normalized spacial score (nSPS) is 26.3. The average Bonchev–Trinajstić information content (AvgIpc) is 2.59. The molecular formula is C11H17BrN2S. The van der Waals surface area contributed by atoms with Crippen LogP contribution in [0.3, 0.4) is 0 Å². The zero-order valence-electron chi connectivity index (χ0n) is 9.24. The Kier molecular flexibility index (Phi) is 3.36. The van der Waals surface area contributed by atoms with Gasteiger partial charge in [0.25, 0.3) is 0 Å². The molecule has 0 saturated carbocycles. The first-order chi connectivity index (χ1) is 7.07. The summed E-state index contributed by atoms with van der Waals surface area (Å²) in [7, 11) is 0. The molecule has 2 heterocycles. The molecule has 84 valence electrons. The third-order valence-corrected chi connectivity index (χ3v) is 4.41. The topological polar surface area (TPSA) is 16.1 Å². The maximum Gasteiger partial charge on any atom is 0.185 e. The van der Waals surface area contributed by atoms with Crippen LogP contribution in [0.1, 0.15) is 26.7 Å². The van der Waals surface area contributed by atoms with Crippen molar-refractivity contribution in [1.29, 1.82) is 0 Å². The lowest BCUT2D eigenvalue weighted by molar-refractivity contribution is 0.355. The van der Waals surface area contributed by atoms with Gasteiger partial charge in [-0.1, -0.05) is 29.8 Å². The number of thiazole rings is 1. The molecule has 4 heteroatoms. The van der Waals surface area contributed by atoms with E-state index in [1.54, 1.807) is 11.3 Å². The lowest BCUT2D eigenvalue weighted by Crippen LogP contribution is -2.32. The molecule has 1 atom stereocenters. The van der Waals surface area contributed by atoms with Crippen molar-refractivity contribution in [2.75, 3.05) is 18.0 Å². The van der Waals surface area contributed by atoms with Crippen molar-refractivity contribution in [3.63, 3.8) is 0 Å². The first-order valence-electron chi connectivity index (χ1n) is 5.35. The molecule has 0 aromatic carbocycles. The Morgan fingerprint density at radius 1 is 1.60 bits per heavy atom. The van der Waals surface area contributed by atoms with Gasteiger partial charge in [0, 0.05) is 29.5 Å². The molecule has 0 aliphatic carbocycles. The zero-order chi connectivity index (χ0) is 10.9. The van der Waals surface area contributed by atoms with Gasteiger partial charge in [0.05, 0.1) is 0 Å². The van der Waals surface area contributed by atoms with E-state index in [0.717, 1.165) is 13.1 Å². The molecule has 1 unspecified atom stereocenters. The number of halogens is 1. The van der Waals surface area contributed by atoms with Gasteiger partial charge in [-0.05, 0) is 18.3 Å². The van der Waals surface area contributed by atoms with Crippen LogP contribution >= 0.6 is 27.3 Å². The van der Waals surface area contributed by atoms with Crippen molar-refractivity contribution in [3.8, 4) is 0 Å². The van der Waals surface area contributed by atoms with Crippen molar-refractivity contribution in [2.24, 2.45) is 5.41 Å². The smallest absolute Gasteiger partial charge is 0.185 e. The molecule has 15 heavy (non-hydrogen) atoms. The quantitative estimate of drug-likeness (QED) is 0.735. The zero-order valence-corrected chi connectivity index (χ0v) is 11.6. The van der Waals surface area contributed by atoms with Crippen LogP contribution in [0, 0.1) is 5.41 Å². The molecule has 0 N–H and O–H groups in total. The molecule has 1 aliphatic heterocycles. The van der Waals surface area contributed by atoms with Crippen molar-refractivity contribution >= 4 is 32.4 Å². The van der Waals surface area contributed by atoms with E-state index in [1.165, 1.54) is 18.0 Å². The maximum atomic E-state index is 4.40. The minimum absolute atomic E-state index is 0.371. The summed E-state index contributed by atoms with van der Waals surface area (Å²) < 4.78 is 0. The SMILES string of the molecule is CC1(C)CC(Br)CCN(c2nccs2)C1. The standard InChI is InChI=1S/C11H17BrN2S/c1-11(2)7-9(12)3-5-14(8-11)10-13-4-6-15-10/h4,6,9H,3,5,7-8H2,1-2H3. The summed E-state index contributed by atoms with van der Waals surface area (Å²) in [5.74, 6) is 0. The largest absolute Gasteiger partial charge is 0.348 e. The summed E-state index contributed by atoms with van der Waals surface area (Å²) in [5.41, 5.74) is 0.371. The Morgan fingerprint density at radius 2 is 2.40 bits per heavy atom. The number of hydrogen-bond donors (Lipinski definition) is 0. The van der Waals surface area contributed by atoms with E-state index >= 15 is 0 Å². The van der Waals surface area contributed by atoms with Crippen LogP contribution in [0.2, 0.25) is 0 Å². The number of alkyl halides is 1. The highest BCUT2D eigenvalue weighted by Crippen LogP contribution is 2.34. The van der Waals surface area contributed by atoms with Crippen LogP contribution < -0.4 is 4.90 Å². The first-order valence-corrected chi connectivity index (χ1v) is 7.15. The molecule has 1 aromatic rings. The van der Waals surface area contributed by atoms with E-state index in [9.17, 15) is 0 Å². The predicted molar refractivity (Wildman–Crippen MR) is 70.1 cm³/mol. The number of rotatable bonds is 1. The fourth-order valence-corrected chi connectivity index (χ4v) is 3.94. The van der Waals surface area contributed by atoms with Gasteiger partial charge in [-0.2, -0.15) is 0 Å². The summed E-state index contributed by atoms with van der Waals surface area (Å²) in [6, 6.07) is 0. The number of hydrogen-bond acceptors (Lipinski definition) is 3. The van der Waals surface area contributed by atoms with E-state index < -0.39 is 0 Å². The summed E-state index contributed by atoms with van der Waals surface area (Å²) >= 11 is 5.50. The van der Waals surface area contributed by atoms with Crippen LogP contribution in [0.4, 0.5) is 5.13 Å². The molecule has 2 rings (SSSR count). The molecule has 2 nitrogen and oxygen atoms in total. The van der Waals surface area contributed by atoms with Gasteiger partial charge in [-0.25, -0.2) is 4.98 Å². The van der Waals surface area contributed by atoms with Crippen LogP contribution in [0.5, 0.6) is 0 Å². The van der Waals surface area contributed by atoms with E-state index in [1.807, 2.05) is 6.20 Å². The highest BCUT2D eigenvalue weighted by atomic mass is 79.9. The summed E-state index contributed by atoms with van der Waals surface area (Å²) in [6.07, 6.45) is 4.35. The second kappa shape index (κ2) is 4.42. The van der Waals surface area contributed by atoms with Crippen molar-refractivity contribution < 1.29 is 0 Å². The first kappa shape index (κ1) is 11.4. The van der Waals surface area contributed by atoms with Gasteiger partial charge < -0.3 is 4.90 Å². The summed E-state index contributed by atoms with van der Waals surface area (Å²) in [5, 5.41) is 3.23. The third-order valence-electron chi connectivity index (χ3n) is 2.80. The Hall–Kier alpha value is -0.0900. The Morgan fingerprint density at radius 3 is 3.07 bits per heavy atom. The van der Waals surface area contributed by atoms with E-state index in [-0.39, 0.29) is 0 Å². The van der Waals surface area contributed by atoms with Gasteiger partial charge in [-0.3, -0.25) is 0 Å². The van der Waals surface area contributed by atoms with E-state index in [0.29, 0.717) is 10.2 Å². The van der Waals surface area contributed by atoms with Crippen LogP contribution in [-0.4, -0.2) is 22.9 Å².